The van der Waals surface area contributed by atoms with Crippen molar-refractivity contribution in [3.8, 4) is 0 Å². The smallest absolute Gasteiger partial charge is 0.0652 e. The highest BCUT2D eigenvalue weighted by Gasteiger charge is 2.12. The van der Waals surface area contributed by atoms with Gasteiger partial charge in [0.15, 0.2) is 0 Å². The summed E-state index contributed by atoms with van der Waals surface area (Å²) in [5.41, 5.74) is 8.87. The number of nitrogens with zero attached hydrogens (tertiary/aromatic N) is 3. The van der Waals surface area contributed by atoms with Crippen LogP contribution in [0.25, 0.3) is 0 Å². The first-order valence-corrected chi connectivity index (χ1v) is 12.2. The summed E-state index contributed by atoms with van der Waals surface area (Å²) in [4.78, 5) is 2.26. The maximum absolute atomic E-state index is 4.88. The van der Waals surface area contributed by atoms with Crippen LogP contribution in [0.5, 0.6) is 0 Å². The van der Waals surface area contributed by atoms with Crippen LogP contribution in [0.15, 0.2) is 139 Å². The van der Waals surface area contributed by atoms with Crippen LogP contribution in [0.2, 0.25) is 0 Å². The minimum atomic E-state index is 1.02. The molecule has 0 N–H and O–H groups in total. The van der Waals surface area contributed by atoms with Crippen LogP contribution in [-0.2, 0) is 0 Å². The summed E-state index contributed by atoms with van der Waals surface area (Å²) in [6.07, 6.45) is 1.92. The molecule has 0 aliphatic heterocycles. The van der Waals surface area contributed by atoms with Gasteiger partial charge in [-0.1, -0.05) is 83.9 Å². The van der Waals surface area contributed by atoms with Crippen molar-refractivity contribution in [1.29, 1.82) is 0 Å². The van der Waals surface area contributed by atoms with Crippen LogP contribution in [-0.4, -0.2) is 6.21 Å². The molecule has 0 unspecified atom stereocenters. The van der Waals surface area contributed by atoms with E-state index in [0.29, 0.717) is 0 Å². The molecule has 0 aliphatic rings. The van der Waals surface area contributed by atoms with E-state index in [9.17, 15) is 0 Å². The van der Waals surface area contributed by atoms with Crippen LogP contribution in [0, 0.1) is 13.8 Å². The van der Waals surface area contributed by atoms with Gasteiger partial charge in [-0.2, -0.15) is 5.10 Å². The van der Waals surface area contributed by atoms with Crippen molar-refractivity contribution in [2.75, 3.05) is 9.91 Å². The molecule has 0 bridgehead atoms. The van der Waals surface area contributed by atoms with Gasteiger partial charge in [-0.3, -0.25) is 0 Å². The summed E-state index contributed by atoms with van der Waals surface area (Å²) in [5, 5.41) is 6.86. The number of benzene rings is 5. The van der Waals surface area contributed by atoms with Crippen LogP contribution >= 0.6 is 0 Å². The molecule has 3 heteroatoms. The van der Waals surface area contributed by atoms with Crippen LogP contribution in [0.1, 0.15) is 16.7 Å². The molecule has 0 heterocycles. The summed E-state index contributed by atoms with van der Waals surface area (Å²) in [7, 11) is 0. The van der Waals surface area contributed by atoms with Gasteiger partial charge in [0.25, 0.3) is 0 Å². The Labute approximate surface area is 213 Å². The first-order valence-electron chi connectivity index (χ1n) is 12.2. The molecule has 3 nitrogen and oxygen atoms in total. The number of rotatable bonds is 7. The second-order valence-electron chi connectivity index (χ2n) is 8.83. The van der Waals surface area contributed by atoms with E-state index in [1.165, 1.54) is 11.1 Å². The number of aryl methyl sites for hydroxylation is 2. The summed E-state index contributed by atoms with van der Waals surface area (Å²) >= 11 is 0. The second-order valence-corrected chi connectivity index (χ2v) is 8.83. The molecule has 0 saturated carbocycles. The van der Waals surface area contributed by atoms with E-state index < -0.39 is 0 Å². The lowest BCUT2D eigenvalue weighted by Gasteiger charge is -2.25. The van der Waals surface area contributed by atoms with Gasteiger partial charge in [0.05, 0.1) is 17.6 Å². The number of hydrogen-bond donors (Lipinski definition) is 0. The van der Waals surface area contributed by atoms with E-state index in [0.717, 1.165) is 34.0 Å². The standard InChI is InChI=1S/C33H29N3/c1-26-13-19-32(20-14-26)36(33-21-15-27(2)16-22-33)34-25-28-17-23-31(24-18-28)35(29-9-5-3-6-10-29)30-11-7-4-8-12-30/h3-25H,1-2H3/b34-25+. The van der Waals surface area contributed by atoms with Gasteiger partial charge in [-0.15, -0.1) is 0 Å². The molecule has 5 aromatic carbocycles. The Balaban J connectivity index is 1.45. The Kier molecular flexibility index (Phi) is 6.90. The third kappa shape index (κ3) is 5.37. The lowest BCUT2D eigenvalue weighted by atomic mass is 10.1. The maximum Gasteiger partial charge on any atom is 0.0652 e. The predicted molar refractivity (Wildman–Crippen MR) is 153 cm³/mol. The third-order valence-electron chi connectivity index (χ3n) is 6.06. The summed E-state index contributed by atoms with van der Waals surface area (Å²) in [5.74, 6) is 0. The number of anilines is 5. The molecule has 176 valence electrons. The largest absolute Gasteiger partial charge is 0.311 e. The Morgan fingerprint density at radius 1 is 0.444 bits per heavy atom. The van der Waals surface area contributed by atoms with Gasteiger partial charge < -0.3 is 4.90 Å². The average Bonchev–Trinajstić information content (AvgIpc) is 2.93. The summed E-state index contributed by atoms with van der Waals surface area (Å²) < 4.78 is 0. The highest BCUT2D eigenvalue weighted by molar-refractivity contribution is 5.84. The predicted octanol–water partition coefficient (Wildman–Crippen LogP) is 8.95. The fourth-order valence-corrected chi connectivity index (χ4v) is 4.09. The molecule has 0 amide bonds. The van der Waals surface area contributed by atoms with E-state index in [1.807, 2.05) is 23.4 Å². The van der Waals surface area contributed by atoms with Crippen LogP contribution in [0.3, 0.4) is 0 Å². The summed E-state index contributed by atoms with van der Waals surface area (Å²) in [6.45, 7) is 4.19. The van der Waals surface area contributed by atoms with Crippen LogP contribution in [0.4, 0.5) is 28.4 Å². The quantitative estimate of drug-likeness (QED) is 0.176. The zero-order valence-corrected chi connectivity index (χ0v) is 20.6. The first kappa shape index (κ1) is 23.1. The molecule has 36 heavy (non-hydrogen) atoms. The van der Waals surface area contributed by atoms with Crippen molar-refractivity contribution < 1.29 is 0 Å². The fraction of sp³-hybridized carbons (Fsp3) is 0.0606. The highest BCUT2D eigenvalue weighted by atomic mass is 15.5. The Bertz CT molecular complexity index is 1320. The molecule has 0 radical (unpaired) electrons. The van der Waals surface area contributed by atoms with Gasteiger partial charge in [0, 0.05) is 17.1 Å². The molecular formula is C33H29N3. The molecule has 5 aromatic rings. The first-order chi connectivity index (χ1) is 17.7. The van der Waals surface area contributed by atoms with Gasteiger partial charge in [-0.05, 0) is 80.1 Å². The minimum absolute atomic E-state index is 1.02. The molecule has 0 saturated heterocycles. The van der Waals surface area contributed by atoms with Crippen molar-refractivity contribution in [3.05, 3.63) is 150 Å². The van der Waals surface area contributed by atoms with E-state index in [4.69, 9.17) is 5.10 Å². The van der Waals surface area contributed by atoms with Crippen molar-refractivity contribution >= 4 is 34.7 Å². The van der Waals surface area contributed by atoms with Gasteiger partial charge in [0.1, 0.15) is 0 Å². The molecule has 0 atom stereocenters. The number of para-hydroxylation sites is 2. The molecule has 0 fully saturated rings. The second kappa shape index (κ2) is 10.7. The molecule has 0 aromatic heterocycles. The Hall–Kier alpha value is -4.63. The molecule has 5 rings (SSSR count). The third-order valence-corrected chi connectivity index (χ3v) is 6.06. The van der Waals surface area contributed by atoms with Gasteiger partial charge in [0.2, 0.25) is 0 Å². The van der Waals surface area contributed by atoms with E-state index in [2.05, 4.69) is 140 Å². The van der Waals surface area contributed by atoms with E-state index >= 15 is 0 Å². The minimum Gasteiger partial charge on any atom is -0.311 e. The normalized spacial score (nSPS) is 10.9. The highest BCUT2D eigenvalue weighted by Crippen LogP contribution is 2.34. The number of hydrazone groups is 1. The SMILES string of the molecule is Cc1ccc(N(/N=C/c2ccc(N(c3ccccc3)c3ccccc3)cc2)c2ccc(C)cc2)cc1. The van der Waals surface area contributed by atoms with Crippen molar-refractivity contribution in [2.45, 2.75) is 13.8 Å². The molecule has 0 spiro atoms. The van der Waals surface area contributed by atoms with Crippen molar-refractivity contribution in [3.63, 3.8) is 0 Å². The molecular weight excluding hydrogens is 438 g/mol. The van der Waals surface area contributed by atoms with Gasteiger partial charge in [-0.25, -0.2) is 5.01 Å². The van der Waals surface area contributed by atoms with Gasteiger partial charge >= 0.3 is 0 Å². The lowest BCUT2D eigenvalue weighted by molar-refractivity contribution is 1.09. The Morgan fingerprint density at radius 2 is 0.833 bits per heavy atom. The van der Waals surface area contributed by atoms with E-state index in [-0.39, 0.29) is 0 Å². The van der Waals surface area contributed by atoms with E-state index in [1.54, 1.807) is 0 Å². The monoisotopic (exact) mass is 467 g/mol. The zero-order chi connectivity index (χ0) is 24.7. The number of hydrogen-bond acceptors (Lipinski definition) is 3. The van der Waals surface area contributed by atoms with Crippen LogP contribution < -0.4 is 9.91 Å². The maximum atomic E-state index is 4.88. The zero-order valence-electron chi connectivity index (χ0n) is 20.6. The topological polar surface area (TPSA) is 18.8 Å². The van der Waals surface area contributed by atoms with Crippen molar-refractivity contribution in [2.24, 2.45) is 5.10 Å². The Morgan fingerprint density at radius 3 is 1.28 bits per heavy atom. The average molecular weight is 468 g/mol. The fourth-order valence-electron chi connectivity index (χ4n) is 4.09. The molecule has 0 aliphatic carbocycles. The summed E-state index contributed by atoms with van der Waals surface area (Å²) in [6, 6.07) is 46.2. The lowest BCUT2D eigenvalue weighted by Crippen LogP contribution is -2.10. The van der Waals surface area contributed by atoms with Crippen molar-refractivity contribution in [1.82, 2.24) is 0 Å².